The zero-order valence-electron chi connectivity index (χ0n) is 14.1. The van der Waals surface area contributed by atoms with Crippen molar-refractivity contribution in [1.29, 1.82) is 0 Å². The van der Waals surface area contributed by atoms with Gasteiger partial charge in [0.2, 0.25) is 5.82 Å². The molecule has 1 amide bonds. The smallest absolute Gasteiger partial charge is 0.259 e. The second kappa shape index (κ2) is 7.47. The molecule has 0 aliphatic rings. The first-order chi connectivity index (χ1) is 13.2. The number of carbonyl (C=O) groups excluding carboxylic acids is 1. The van der Waals surface area contributed by atoms with Gasteiger partial charge in [0.15, 0.2) is 0 Å². The van der Waals surface area contributed by atoms with Gasteiger partial charge in [-0.15, -0.1) is 0 Å². The quantitative estimate of drug-likeness (QED) is 0.549. The zero-order chi connectivity index (χ0) is 18.6. The third-order valence-electron chi connectivity index (χ3n) is 3.95. The number of hydrogen-bond donors (Lipinski definition) is 1. The Morgan fingerprint density at radius 3 is 2.56 bits per heavy atom. The predicted octanol–water partition coefficient (Wildman–Crippen LogP) is 4.58. The number of carbonyl (C=O) groups is 1. The molecule has 27 heavy (non-hydrogen) atoms. The van der Waals surface area contributed by atoms with Crippen LogP contribution in [0.1, 0.15) is 16.1 Å². The summed E-state index contributed by atoms with van der Waals surface area (Å²) in [6.07, 6.45) is 1.56. The molecule has 6 nitrogen and oxygen atoms in total. The van der Waals surface area contributed by atoms with Crippen molar-refractivity contribution in [3.8, 4) is 22.8 Å². The number of halogens is 1. The van der Waals surface area contributed by atoms with E-state index in [2.05, 4.69) is 15.5 Å². The van der Waals surface area contributed by atoms with E-state index >= 15 is 0 Å². The molecular formula is C20H14ClN3O3. The number of rotatable bonds is 5. The normalized spacial score (nSPS) is 10.7. The molecule has 0 fully saturated rings. The van der Waals surface area contributed by atoms with Crippen LogP contribution in [0.15, 0.2) is 75.9 Å². The standard InChI is InChI=1S/C20H14ClN3O3/c21-17-10-4-3-9-16(17)18-23-20(27-24-18)15-8-2-1-7-14(15)19(25)22-12-13-6-5-11-26-13/h1-11H,12H2,(H,22,25). The van der Waals surface area contributed by atoms with E-state index in [0.717, 1.165) is 0 Å². The molecular weight excluding hydrogens is 366 g/mol. The lowest BCUT2D eigenvalue weighted by molar-refractivity contribution is 0.0948. The Kier molecular flexibility index (Phi) is 4.72. The zero-order valence-corrected chi connectivity index (χ0v) is 14.8. The maximum atomic E-state index is 12.6. The number of hydrogen-bond acceptors (Lipinski definition) is 5. The lowest BCUT2D eigenvalue weighted by Gasteiger charge is -2.06. The van der Waals surface area contributed by atoms with Crippen LogP contribution in [0.2, 0.25) is 5.02 Å². The fraction of sp³-hybridized carbons (Fsp3) is 0.0500. The Morgan fingerprint density at radius 1 is 1.00 bits per heavy atom. The number of furan rings is 1. The van der Waals surface area contributed by atoms with Crippen molar-refractivity contribution in [2.45, 2.75) is 6.54 Å². The summed E-state index contributed by atoms with van der Waals surface area (Å²) < 4.78 is 10.6. The average Bonchev–Trinajstić information content (AvgIpc) is 3.38. The van der Waals surface area contributed by atoms with Gasteiger partial charge in [0.25, 0.3) is 11.8 Å². The fourth-order valence-electron chi connectivity index (χ4n) is 2.63. The lowest BCUT2D eigenvalue weighted by Crippen LogP contribution is -2.23. The summed E-state index contributed by atoms with van der Waals surface area (Å²) in [5.41, 5.74) is 1.63. The number of amides is 1. The van der Waals surface area contributed by atoms with Gasteiger partial charge in [-0.05, 0) is 36.4 Å². The van der Waals surface area contributed by atoms with Crippen molar-refractivity contribution < 1.29 is 13.7 Å². The third kappa shape index (κ3) is 3.61. The first-order valence-corrected chi connectivity index (χ1v) is 8.59. The van der Waals surface area contributed by atoms with Crippen molar-refractivity contribution in [2.75, 3.05) is 0 Å². The molecule has 0 saturated carbocycles. The van der Waals surface area contributed by atoms with Gasteiger partial charge in [0.05, 0.1) is 29.0 Å². The fourth-order valence-corrected chi connectivity index (χ4v) is 2.85. The summed E-state index contributed by atoms with van der Waals surface area (Å²) in [5.74, 6) is 1.01. The van der Waals surface area contributed by atoms with E-state index < -0.39 is 0 Å². The SMILES string of the molecule is O=C(NCc1ccco1)c1ccccc1-c1nc(-c2ccccc2Cl)no1. The van der Waals surface area contributed by atoms with Gasteiger partial charge in [-0.25, -0.2) is 0 Å². The van der Waals surface area contributed by atoms with Crippen molar-refractivity contribution in [2.24, 2.45) is 0 Å². The molecule has 4 aromatic rings. The lowest BCUT2D eigenvalue weighted by atomic mass is 10.1. The summed E-state index contributed by atoms with van der Waals surface area (Å²) in [5, 5.41) is 7.33. The van der Waals surface area contributed by atoms with Crippen molar-refractivity contribution in [1.82, 2.24) is 15.5 Å². The van der Waals surface area contributed by atoms with E-state index in [4.69, 9.17) is 20.5 Å². The molecule has 2 aromatic carbocycles. The maximum absolute atomic E-state index is 12.6. The minimum Gasteiger partial charge on any atom is -0.467 e. The van der Waals surface area contributed by atoms with E-state index in [-0.39, 0.29) is 18.3 Å². The van der Waals surface area contributed by atoms with Gasteiger partial charge >= 0.3 is 0 Å². The topological polar surface area (TPSA) is 81.2 Å². The van der Waals surface area contributed by atoms with Gasteiger partial charge in [0, 0.05) is 5.56 Å². The van der Waals surface area contributed by atoms with Gasteiger partial charge in [-0.3, -0.25) is 4.79 Å². The third-order valence-corrected chi connectivity index (χ3v) is 4.28. The Balaban J connectivity index is 1.61. The molecule has 7 heteroatoms. The number of nitrogens with one attached hydrogen (secondary N) is 1. The molecule has 1 N–H and O–H groups in total. The highest BCUT2D eigenvalue weighted by molar-refractivity contribution is 6.33. The van der Waals surface area contributed by atoms with Crippen LogP contribution >= 0.6 is 11.6 Å². The highest BCUT2D eigenvalue weighted by Crippen LogP contribution is 2.28. The summed E-state index contributed by atoms with van der Waals surface area (Å²) in [6.45, 7) is 0.287. The molecule has 0 spiro atoms. The molecule has 0 bridgehead atoms. The molecule has 134 valence electrons. The highest BCUT2D eigenvalue weighted by Gasteiger charge is 2.19. The van der Waals surface area contributed by atoms with Crippen LogP contribution in [-0.2, 0) is 6.54 Å². The van der Waals surface area contributed by atoms with Crippen LogP contribution in [0.3, 0.4) is 0 Å². The van der Waals surface area contributed by atoms with Gasteiger partial charge in [-0.2, -0.15) is 4.98 Å². The van der Waals surface area contributed by atoms with E-state index in [1.54, 1.807) is 54.8 Å². The monoisotopic (exact) mass is 379 g/mol. The molecule has 2 aromatic heterocycles. The van der Waals surface area contributed by atoms with Crippen LogP contribution in [-0.4, -0.2) is 16.0 Å². The van der Waals surface area contributed by atoms with E-state index in [9.17, 15) is 4.79 Å². The minimum absolute atomic E-state index is 0.244. The Labute approximate surface area is 159 Å². The van der Waals surface area contributed by atoms with Crippen LogP contribution in [0, 0.1) is 0 Å². The highest BCUT2D eigenvalue weighted by atomic mass is 35.5. The van der Waals surface area contributed by atoms with Gasteiger partial charge in [0.1, 0.15) is 5.76 Å². The number of aromatic nitrogens is 2. The first-order valence-electron chi connectivity index (χ1n) is 8.21. The Morgan fingerprint density at radius 2 is 1.78 bits per heavy atom. The van der Waals surface area contributed by atoms with E-state index in [1.807, 2.05) is 12.1 Å². The second-order valence-electron chi connectivity index (χ2n) is 5.71. The van der Waals surface area contributed by atoms with Crippen LogP contribution < -0.4 is 5.32 Å². The summed E-state index contributed by atoms with van der Waals surface area (Å²) in [6, 6.07) is 17.8. The molecule has 0 saturated heterocycles. The Bertz CT molecular complexity index is 1070. The molecule has 0 aliphatic heterocycles. The molecule has 0 unspecified atom stereocenters. The van der Waals surface area contributed by atoms with Crippen molar-refractivity contribution in [3.05, 3.63) is 83.3 Å². The minimum atomic E-state index is -0.264. The average molecular weight is 380 g/mol. The van der Waals surface area contributed by atoms with Crippen LogP contribution in [0.4, 0.5) is 0 Å². The van der Waals surface area contributed by atoms with Gasteiger partial charge in [-0.1, -0.05) is 41.0 Å². The van der Waals surface area contributed by atoms with E-state index in [0.29, 0.717) is 33.3 Å². The molecule has 0 radical (unpaired) electrons. The maximum Gasteiger partial charge on any atom is 0.259 e. The van der Waals surface area contributed by atoms with E-state index in [1.165, 1.54) is 0 Å². The number of nitrogens with zero attached hydrogens (tertiary/aromatic N) is 2. The summed E-state index contributed by atoms with van der Waals surface area (Å²) in [7, 11) is 0. The summed E-state index contributed by atoms with van der Waals surface area (Å²) in [4.78, 5) is 17.0. The first kappa shape index (κ1) is 17.1. The second-order valence-corrected chi connectivity index (χ2v) is 6.12. The molecule has 0 atom stereocenters. The number of benzene rings is 2. The molecule has 2 heterocycles. The Hall–Kier alpha value is -3.38. The molecule has 4 rings (SSSR count). The van der Waals surface area contributed by atoms with Crippen molar-refractivity contribution >= 4 is 17.5 Å². The summed E-state index contributed by atoms with van der Waals surface area (Å²) >= 11 is 6.19. The predicted molar refractivity (Wildman–Crippen MR) is 100 cm³/mol. The van der Waals surface area contributed by atoms with Crippen LogP contribution in [0.25, 0.3) is 22.8 Å². The van der Waals surface area contributed by atoms with Gasteiger partial charge < -0.3 is 14.3 Å². The van der Waals surface area contributed by atoms with Crippen molar-refractivity contribution in [3.63, 3.8) is 0 Å². The molecule has 0 aliphatic carbocycles. The van der Waals surface area contributed by atoms with Crippen LogP contribution in [0.5, 0.6) is 0 Å². The largest absolute Gasteiger partial charge is 0.467 e.